The molecule has 3 aromatic carbocycles. The van der Waals surface area contributed by atoms with Gasteiger partial charge < -0.3 is 5.73 Å². The molecule has 30 heavy (non-hydrogen) atoms. The average Bonchev–Trinajstić information content (AvgIpc) is 2.75. The quantitative estimate of drug-likeness (QED) is 0.299. The SMILES string of the molecule is CCC1CN=C(C(C)C)c2ccc(C=Cc3ccc4cc(C(=N)N)ccc4c3)cc21. The molecular weight excluding hydrogens is 366 g/mol. The molecule has 0 spiro atoms. The van der Waals surface area contributed by atoms with Crippen molar-refractivity contribution in [2.45, 2.75) is 33.1 Å². The third kappa shape index (κ3) is 3.93. The van der Waals surface area contributed by atoms with E-state index < -0.39 is 0 Å². The number of hydrogen-bond donors (Lipinski definition) is 2. The Bertz CT molecular complexity index is 1170. The first-order chi connectivity index (χ1) is 14.5. The van der Waals surface area contributed by atoms with Crippen molar-refractivity contribution in [3.8, 4) is 0 Å². The predicted molar refractivity (Wildman–Crippen MR) is 130 cm³/mol. The molecule has 0 saturated heterocycles. The molecule has 0 radical (unpaired) electrons. The largest absolute Gasteiger partial charge is 0.384 e. The van der Waals surface area contributed by atoms with Crippen molar-refractivity contribution in [2.75, 3.05) is 6.54 Å². The van der Waals surface area contributed by atoms with Crippen LogP contribution in [0.3, 0.4) is 0 Å². The monoisotopic (exact) mass is 395 g/mol. The molecule has 0 amide bonds. The summed E-state index contributed by atoms with van der Waals surface area (Å²) in [5, 5.41) is 9.85. The summed E-state index contributed by atoms with van der Waals surface area (Å²) in [4.78, 5) is 4.87. The van der Waals surface area contributed by atoms with Gasteiger partial charge in [-0.3, -0.25) is 10.4 Å². The van der Waals surface area contributed by atoms with E-state index in [9.17, 15) is 0 Å². The van der Waals surface area contributed by atoms with E-state index in [1.54, 1.807) is 0 Å². The van der Waals surface area contributed by atoms with Gasteiger partial charge in [-0.05, 0) is 57.5 Å². The van der Waals surface area contributed by atoms with Gasteiger partial charge in [0.2, 0.25) is 0 Å². The van der Waals surface area contributed by atoms with Crippen LogP contribution in [0.25, 0.3) is 22.9 Å². The lowest BCUT2D eigenvalue weighted by atomic mass is 9.83. The summed E-state index contributed by atoms with van der Waals surface area (Å²) in [7, 11) is 0. The van der Waals surface area contributed by atoms with E-state index in [-0.39, 0.29) is 5.84 Å². The highest BCUT2D eigenvalue weighted by molar-refractivity contribution is 6.04. The fourth-order valence-corrected chi connectivity index (χ4v) is 4.22. The van der Waals surface area contributed by atoms with Gasteiger partial charge in [0.15, 0.2) is 0 Å². The van der Waals surface area contributed by atoms with Gasteiger partial charge in [-0.25, -0.2) is 0 Å². The molecule has 0 aromatic heterocycles. The maximum atomic E-state index is 7.60. The molecule has 0 saturated carbocycles. The fourth-order valence-electron chi connectivity index (χ4n) is 4.22. The van der Waals surface area contributed by atoms with Gasteiger partial charge in [0.1, 0.15) is 5.84 Å². The van der Waals surface area contributed by atoms with Gasteiger partial charge in [-0.1, -0.05) is 75.4 Å². The lowest BCUT2D eigenvalue weighted by Gasteiger charge is -2.26. The summed E-state index contributed by atoms with van der Waals surface area (Å²) >= 11 is 0. The van der Waals surface area contributed by atoms with Crippen LogP contribution in [0.15, 0.2) is 59.6 Å². The highest BCUT2D eigenvalue weighted by Gasteiger charge is 2.23. The van der Waals surface area contributed by atoms with E-state index in [0.29, 0.717) is 11.8 Å². The van der Waals surface area contributed by atoms with Gasteiger partial charge in [0.05, 0.1) is 0 Å². The molecule has 0 bridgehead atoms. The Morgan fingerprint density at radius 1 is 1.03 bits per heavy atom. The maximum absolute atomic E-state index is 7.60. The first kappa shape index (κ1) is 20.1. The zero-order chi connectivity index (χ0) is 21.3. The van der Waals surface area contributed by atoms with Crippen LogP contribution in [0.1, 0.15) is 60.9 Å². The molecule has 1 heterocycles. The number of nitrogen functional groups attached to an aromatic ring is 1. The number of aliphatic imine (C=N–C) groups is 1. The van der Waals surface area contributed by atoms with E-state index in [1.165, 1.54) is 22.4 Å². The van der Waals surface area contributed by atoms with Gasteiger partial charge >= 0.3 is 0 Å². The lowest BCUT2D eigenvalue weighted by molar-refractivity contribution is 0.657. The Labute approximate surface area is 178 Å². The summed E-state index contributed by atoms with van der Waals surface area (Å²) in [6.07, 6.45) is 5.47. The van der Waals surface area contributed by atoms with Crippen molar-refractivity contribution in [3.05, 3.63) is 82.4 Å². The molecule has 4 rings (SSSR count). The second-order valence-electron chi connectivity index (χ2n) is 8.40. The Kier molecular flexibility index (Phi) is 5.54. The van der Waals surface area contributed by atoms with Crippen molar-refractivity contribution in [1.82, 2.24) is 0 Å². The van der Waals surface area contributed by atoms with Crippen molar-refractivity contribution in [2.24, 2.45) is 16.6 Å². The van der Waals surface area contributed by atoms with Crippen LogP contribution in [0.4, 0.5) is 0 Å². The van der Waals surface area contributed by atoms with Crippen molar-refractivity contribution < 1.29 is 0 Å². The molecule has 3 aromatic rings. The Morgan fingerprint density at radius 3 is 2.40 bits per heavy atom. The number of hydrogen-bond acceptors (Lipinski definition) is 2. The van der Waals surface area contributed by atoms with Crippen LogP contribution in [0.5, 0.6) is 0 Å². The fraction of sp³-hybridized carbons (Fsp3) is 0.259. The zero-order valence-electron chi connectivity index (χ0n) is 17.9. The topological polar surface area (TPSA) is 62.2 Å². The van der Waals surface area contributed by atoms with E-state index in [0.717, 1.165) is 34.9 Å². The third-order valence-corrected chi connectivity index (χ3v) is 5.96. The smallest absolute Gasteiger partial charge is 0.122 e. The predicted octanol–water partition coefficient (Wildman–Crippen LogP) is 6.25. The second kappa shape index (κ2) is 8.27. The molecule has 1 unspecified atom stereocenters. The summed E-state index contributed by atoms with van der Waals surface area (Å²) < 4.78 is 0. The van der Waals surface area contributed by atoms with Crippen molar-refractivity contribution in [3.63, 3.8) is 0 Å². The zero-order valence-corrected chi connectivity index (χ0v) is 17.9. The molecule has 0 fully saturated rings. The van der Waals surface area contributed by atoms with Gasteiger partial charge in [-0.15, -0.1) is 0 Å². The molecule has 1 atom stereocenters. The maximum Gasteiger partial charge on any atom is 0.122 e. The highest BCUT2D eigenvalue weighted by atomic mass is 14.8. The molecule has 1 aliphatic heterocycles. The Hall–Kier alpha value is -3.20. The molecule has 152 valence electrons. The molecular formula is C27H29N3. The summed E-state index contributed by atoms with van der Waals surface area (Å²) in [6, 6.07) is 19.1. The minimum absolute atomic E-state index is 0.101. The van der Waals surface area contributed by atoms with Crippen molar-refractivity contribution in [1.29, 1.82) is 5.41 Å². The summed E-state index contributed by atoms with van der Waals surface area (Å²) in [5.41, 5.74) is 12.8. The number of nitrogens with one attached hydrogen (secondary N) is 1. The first-order valence-electron chi connectivity index (χ1n) is 10.7. The first-order valence-corrected chi connectivity index (χ1v) is 10.7. The van der Waals surface area contributed by atoms with Gasteiger partial charge in [-0.2, -0.15) is 0 Å². The molecule has 1 aliphatic rings. The second-order valence-corrected chi connectivity index (χ2v) is 8.40. The van der Waals surface area contributed by atoms with Crippen LogP contribution < -0.4 is 5.73 Å². The molecule has 3 N–H and O–H groups in total. The Morgan fingerprint density at radius 2 is 1.70 bits per heavy atom. The minimum Gasteiger partial charge on any atom is -0.384 e. The van der Waals surface area contributed by atoms with Crippen LogP contribution in [0.2, 0.25) is 0 Å². The number of amidine groups is 1. The van der Waals surface area contributed by atoms with E-state index in [2.05, 4.69) is 69.3 Å². The van der Waals surface area contributed by atoms with E-state index >= 15 is 0 Å². The van der Waals surface area contributed by atoms with Crippen molar-refractivity contribution >= 4 is 34.5 Å². The molecule has 3 nitrogen and oxygen atoms in total. The normalized spacial score (nSPS) is 16.1. The Balaban J connectivity index is 1.63. The molecule has 0 aliphatic carbocycles. The number of nitrogens with zero attached hydrogens (tertiary/aromatic N) is 1. The van der Waals surface area contributed by atoms with E-state index in [4.69, 9.17) is 16.1 Å². The number of nitrogens with two attached hydrogens (primary N) is 1. The number of fused-ring (bicyclic) bond motifs is 2. The van der Waals surface area contributed by atoms with Crippen LogP contribution in [-0.4, -0.2) is 18.1 Å². The van der Waals surface area contributed by atoms with E-state index in [1.807, 2.05) is 18.2 Å². The van der Waals surface area contributed by atoms with Crippen LogP contribution >= 0.6 is 0 Å². The van der Waals surface area contributed by atoms with Gasteiger partial charge in [0, 0.05) is 23.7 Å². The minimum atomic E-state index is 0.101. The van der Waals surface area contributed by atoms with Crippen LogP contribution in [0, 0.1) is 11.3 Å². The molecule has 3 heteroatoms. The van der Waals surface area contributed by atoms with Crippen LogP contribution in [-0.2, 0) is 0 Å². The summed E-state index contributed by atoms with van der Waals surface area (Å²) in [6.45, 7) is 7.60. The number of benzene rings is 3. The lowest BCUT2D eigenvalue weighted by Crippen LogP contribution is -2.21. The average molecular weight is 396 g/mol. The summed E-state index contributed by atoms with van der Waals surface area (Å²) in [5.74, 6) is 1.06. The highest BCUT2D eigenvalue weighted by Crippen LogP contribution is 2.32. The number of rotatable bonds is 5. The van der Waals surface area contributed by atoms with Gasteiger partial charge in [0.25, 0.3) is 0 Å². The standard InChI is InChI=1S/C27H29N3/c1-4-20-16-30-26(17(2)3)24-12-8-19(14-25(20)24)6-5-18-7-9-22-15-23(27(28)29)11-10-21(22)13-18/h5-15,17,20H,4,16H2,1-3H3,(H3,28,29). The third-order valence-electron chi connectivity index (χ3n) is 5.96.